The summed E-state index contributed by atoms with van der Waals surface area (Å²) < 4.78 is 0. The Hall–Kier alpha value is -3.38. The summed E-state index contributed by atoms with van der Waals surface area (Å²) in [7, 11) is 0. The van der Waals surface area contributed by atoms with E-state index in [-0.39, 0.29) is 0 Å². The van der Waals surface area contributed by atoms with Crippen LogP contribution in [0.5, 0.6) is 0 Å². The molecule has 0 aliphatic heterocycles. The normalized spacial score (nSPS) is 11.2. The van der Waals surface area contributed by atoms with Crippen molar-refractivity contribution in [1.29, 1.82) is 0 Å². The van der Waals surface area contributed by atoms with Gasteiger partial charge in [-0.05, 0) is 69.3 Å². The summed E-state index contributed by atoms with van der Waals surface area (Å²) in [5, 5.41) is 5.30. The molecule has 0 aliphatic rings. The van der Waals surface area contributed by atoms with Gasteiger partial charge in [0.1, 0.15) is 0 Å². The van der Waals surface area contributed by atoms with Crippen molar-refractivity contribution in [2.24, 2.45) is 0 Å². The van der Waals surface area contributed by atoms with E-state index in [9.17, 15) is 0 Å². The largest absolute Gasteiger partial charge is 0.0616 e. The van der Waals surface area contributed by atoms with Crippen LogP contribution >= 0.6 is 0 Å². The Bertz CT molecular complexity index is 1270. The molecule has 0 nitrogen and oxygen atoms in total. The predicted octanol–water partition coefficient (Wildman–Crippen LogP) is 7.94. The topological polar surface area (TPSA) is 0 Å². The van der Waals surface area contributed by atoms with Crippen molar-refractivity contribution in [3.8, 4) is 22.3 Å². The van der Waals surface area contributed by atoms with E-state index in [1.807, 2.05) is 0 Å². The Morgan fingerprint density at radius 1 is 0.429 bits per heavy atom. The van der Waals surface area contributed by atoms with Gasteiger partial charge in [-0.3, -0.25) is 0 Å². The third-order valence-corrected chi connectivity index (χ3v) is 5.70. The maximum atomic E-state index is 2.33. The van der Waals surface area contributed by atoms with Gasteiger partial charge in [0.15, 0.2) is 0 Å². The molecule has 0 bridgehead atoms. The molecule has 0 spiro atoms. The zero-order valence-corrected chi connectivity index (χ0v) is 16.2. The van der Waals surface area contributed by atoms with E-state index in [1.54, 1.807) is 0 Å². The van der Waals surface area contributed by atoms with Gasteiger partial charge in [-0.2, -0.15) is 0 Å². The van der Waals surface area contributed by atoms with E-state index in [4.69, 9.17) is 0 Å². The highest BCUT2D eigenvalue weighted by atomic mass is 14.2. The number of hydrogen-bond acceptors (Lipinski definition) is 0. The Labute approximate surface area is 166 Å². The van der Waals surface area contributed by atoms with Crippen LogP contribution in [0.3, 0.4) is 0 Å². The Kier molecular flexibility index (Phi) is 3.98. The molecule has 5 aromatic rings. The van der Waals surface area contributed by atoms with Crippen LogP contribution < -0.4 is 0 Å². The lowest BCUT2D eigenvalue weighted by Crippen LogP contribution is -1.90. The lowest BCUT2D eigenvalue weighted by molar-refractivity contribution is 1.47. The van der Waals surface area contributed by atoms with E-state index < -0.39 is 0 Å². The minimum absolute atomic E-state index is 1.26. The first kappa shape index (κ1) is 16.8. The number of benzene rings is 5. The maximum Gasteiger partial charge on any atom is -0.00264 e. The Morgan fingerprint density at radius 2 is 0.929 bits per heavy atom. The second-order valence-electron chi connectivity index (χ2n) is 7.54. The van der Waals surface area contributed by atoms with Crippen molar-refractivity contribution >= 4 is 21.5 Å². The summed E-state index contributed by atoms with van der Waals surface area (Å²) in [6.07, 6.45) is 0. The first-order valence-electron chi connectivity index (χ1n) is 9.80. The van der Waals surface area contributed by atoms with E-state index >= 15 is 0 Å². The van der Waals surface area contributed by atoms with Crippen molar-refractivity contribution < 1.29 is 0 Å². The molecule has 0 unspecified atom stereocenters. The fourth-order valence-corrected chi connectivity index (χ4v) is 4.34. The molecule has 134 valence electrons. The smallest absolute Gasteiger partial charge is 0.00264 e. The van der Waals surface area contributed by atoms with Gasteiger partial charge in [0.25, 0.3) is 0 Å². The minimum atomic E-state index is 1.26. The zero-order chi connectivity index (χ0) is 19.1. The third-order valence-electron chi connectivity index (χ3n) is 5.70. The highest BCUT2D eigenvalue weighted by Gasteiger charge is 2.13. The van der Waals surface area contributed by atoms with Crippen LogP contribution in [0.1, 0.15) is 11.1 Å². The summed E-state index contributed by atoms with van der Waals surface area (Å²) in [5.41, 5.74) is 7.76. The van der Waals surface area contributed by atoms with Crippen molar-refractivity contribution in [2.45, 2.75) is 13.8 Å². The molecule has 0 heteroatoms. The summed E-state index contributed by atoms with van der Waals surface area (Å²) in [6, 6.07) is 35.2. The van der Waals surface area contributed by atoms with Gasteiger partial charge < -0.3 is 0 Å². The van der Waals surface area contributed by atoms with Gasteiger partial charge in [-0.25, -0.2) is 0 Å². The molecule has 5 rings (SSSR count). The van der Waals surface area contributed by atoms with E-state index in [0.717, 1.165) is 0 Å². The van der Waals surface area contributed by atoms with Crippen LogP contribution in [0.4, 0.5) is 0 Å². The first-order valence-corrected chi connectivity index (χ1v) is 9.80. The molecule has 28 heavy (non-hydrogen) atoms. The van der Waals surface area contributed by atoms with Crippen LogP contribution in [-0.4, -0.2) is 0 Å². The standard InChI is InChI=1S/C28H22/c1-19-9-7-10-21(17-19)22-11-8-12-23(18-22)28-26-15-5-3-13-24(26)20(2)25-14-4-6-16-27(25)28/h3-18H,1-2H3. The Morgan fingerprint density at radius 3 is 1.54 bits per heavy atom. The zero-order valence-electron chi connectivity index (χ0n) is 16.2. The average Bonchev–Trinajstić information content (AvgIpc) is 2.74. The molecule has 0 atom stereocenters. The Balaban J connectivity index is 1.84. The van der Waals surface area contributed by atoms with Crippen molar-refractivity contribution in [3.05, 3.63) is 108 Å². The molecule has 0 saturated heterocycles. The van der Waals surface area contributed by atoms with Crippen LogP contribution in [-0.2, 0) is 0 Å². The molecule has 0 N–H and O–H groups in total. The summed E-state index contributed by atoms with van der Waals surface area (Å²) in [5.74, 6) is 0. The lowest BCUT2D eigenvalue weighted by Gasteiger charge is -2.16. The van der Waals surface area contributed by atoms with Crippen molar-refractivity contribution in [3.63, 3.8) is 0 Å². The molecule has 0 saturated carbocycles. The quantitative estimate of drug-likeness (QED) is 0.281. The van der Waals surface area contributed by atoms with Gasteiger partial charge >= 0.3 is 0 Å². The van der Waals surface area contributed by atoms with Gasteiger partial charge in [-0.15, -0.1) is 0 Å². The molecule has 0 aromatic heterocycles. The monoisotopic (exact) mass is 358 g/mol. The SMILES string of the molecule is Cc1cccc(-c2cccc(-c3c4ccccc4c(C)c4ccccc34)c2)c1. The van der Waals surface area contributed by atoms with Crippen LogP contribution in [0.15, 0.2) is 97.1 Å². The predicted molar refractivity (Wildman–Crippen MR) is 122 cm³/mol. The number of rotatable bonds is 2. The fraction of sp³-hybridized carbons (Fsp3) is 0.0714. The molecule has 5 aromatic carbocycles. The number of hydrogen-bond donors (Lipinski definition) is 0. The second-order valence-corrected chi connectivity index (χ2v) is 7.54. The first-order chi connectivity index (χ1) is 13.7. The highest BCUT2D eigenvalue weighted by Crippen LogP contribution is 2.39. The summed E-state index contributed by atoms with van der Waals surface area (Å²) in [4.78, 5) is 0. The van der Waals surface area contributed by atoms with Crippen molar-refractivity contribution in [1.82, 2.24) is 0 Å². The van der Waals surface area contributed by atoms with Gasteiger partial charge in [0, 0.05) is 0 Å². The lowest BCUT2D eigenvalue weighted by atomic mass is 9.88. The van der Waals surface area contributed by atoms with Gasteiger partial charge in [0.2, 0.25) is 0 Å². The van der Waals surface area contributed by atoms with E-state index in [2.05, 4.69) is 111 Å². The molecule has 0 aliphatic carbocycles. The van der Waals surface area contributed by atoms with E-state index in [1.165, 1.54) is 54.9 Å². The average molecular weight is 358 g/mol. The fourth-order valence-electron chi connectivity index (χ4n) is 4.34. The number of aryl methyl sites for hydroxylation is 2. The van der Waals surface area contributed by atoms with Crippen molar-refractivity contribution in [2.75, 3.05) is 0 Å². The molecular formula is C28H22. The molecule has 0 heterocycles. The second kappa shape index (κ2) is 6.65. The molecule has 0 fully saturated rings. The molecular weight excluding hydrogens is 336 g/mol. The van der Waals surface area contributed by atoms with Gasteiger partial charge in [0.05, 0.1) is 0 Å². The molecule has 0 amide bonds. The minimum Gasteiger partial charge on any atom is -0.0616 e. The van der Waals surface area contributed by atoms with Crippen LogP contribution in [0.25, 0.3) is 43.8 Å². The van der Waals surface area contributed by atoms with Gasteiger partial charge in [-0.1, -0.05) is 96.6 Å². The van der Waals surface area contributed by atoms with Crippen LogP contribution in [0.2, 0.25) is 0 Å². The third kappa shape index (κ3) is 2.70. The summed E-state index contributed by atoms with van der Waals surface area (Å²) >= 11 is 0. The van der Waals surface area contributed by atoms with Crippen LogP contribution in [0, 0.1) is 13.8 Å². The maximum absolute atomic E-state index is 2.33. The highest BCUT2D eigenvalue weighted by molar-refractivity contribution is 6.15. The summed E-state index contributed by atoms with van der Waals surface area (Å²) in [6.45, 7) is 4.38. The number of fused-ring (bicyclic) bond motifs is 2. The molecule has 0 radical (unpaired) electrons. The van der Waals surface area contributed by atoms with E-state index in [0.29, 0.717) is 0 Å².